The molecule has 0 aromatic rings. The lowest BCUT2D eigenvalue weighted by Crippen LogP contribution is -2.69. The zero-order chi connectivity index (χ0) is 21.9. The van der Waals surface area contributed by atoms with E-state index in [9.17, 15) is 40.2 Å². The van der Waals surface area contributed by atoms with Crippen molar-refractivity contribution in [3.63, 3.8) is 0 Å². The summed E-state index contributed by atoms with van der Waals surface area (Å²) in [6, 6.07) is -2.59. The largest absolute Gasteiger partial charge is 0.394 e. The molecule has 2 heterocycles. The number of rotatable bonds is 6. The Morgan fingerprint density at radius 1 is 0.828 bits per heavy atom. The maximum Gasteiger partial charge on any atom is 0.217 e. The molecule has 13 nitrogen and oxygen atoms in total. The molecular formula is C16H28N2O11. The first-order chi connectivity index (χ1) is 13.6. The molecule has 0 spiro atoms. The molecule has 2 amide bonds. The van der Waals surface area contributed by atoms with Gasteiger partial charge in [-0.3, -0.25) is 9.59 Å². The number of amides is 2. The molecule has 2 rings (SSSR count). The summed E-state index contributed by atoms with van der Waals surface area (Å²) in [6.07, 6.45) is -11.7. The highest BCUT2D eigenvalue weighted by Crippen LogP contribution is 2.28. The van der Waals surface area contributed by atoms with Crippen LogP contribution in [0.2, 0.25) is 0 Å². The van der Waals surface area contributed by atoms with Crippen molar-refractivity contribution in [3.8, 4) is 0 Å². The van der Waals surface area contributed by atoms with Crippen molar-refractivity contribution < 1.29 is 54.4 Å². The van der Waals surface area contributed by atoms with Crippen LogP contribution in [0.1, 0.15) is 13.8 Å². The number of hydrogen-bond acceptors (Lipinski definition) is 11. The molecule has 0 radical (unpaired) electrons. The second kappa shape index (κ2) is 10.1. The molecule has 8 N–H and O–H groups in total. The van der Waals surface area contributed by atoms with Gasteiger partial charge in [0.1, 0.15) is 48.7 Å². The van der Waals surface area contributed by atoms with Gasteiger partial charge in [0, 0.05) is 13.8 Å². The number of carbonyl (C=O) groups is 2. The van der Waals surface area contributed by atoms with E-state index in [-0.39, 0.29) is 0 Å². The van der Waals surface area contributed by atoms with Crippen molar-refractivity contribution in [2.45, 2.75) is 75.1 Å². The first-order valence-corrected chi connectivity index (χ1v) is 9.05. The fourth-order valence-corrected chi connectivity index (χ4v) is 3.38. The maximum absolute atomic E-state index is 11.5. The Labute approximate surface area is 166 Å². The van der Waals surface area contributed by atoms with Crippen molar-refractivity contribution in [3.05, 3.63) is 0 Å². The van der Waals surface area contributed by atoms with Gasteiger partial charge in [-0.1, -0.05) is 0 Å². The molecule has 2 fully saturated rings. The molecule has 2 aliphatic heterocycles. The number of aliphatic hydroxyl groups is 6. The lowest BCUT2D eigenvalue weighted by atomic mass is 9.94. The molecule has 2 aliphatic rings. The molecule has 2 saturated heterocycles. The lowest BCUT2D eigenvalue weighted by molar-refractivity contribution is -0.327. The number of hydrogen-bond donors (Lipinski definition) is 8. The summed E-state index contributed by atoms with van der Waals surface area (Å²) in [7, 11) is 0. The van der Waals surface area contributed by atoms with Crippen LogP contribution in [0.3, 0.4) is 0 Å². The average Bonchev–Trinajstić information content (AvgIpc) is 2.65. The van der Waals surface area contributed by atoms with Crippen LogP contribution in [0.15, 0.2) is 0 Å². The summed E-state index contributed by atoms with van der Waals surface area (Å²) in [4.78, 5) is 22.8. The molecule has 13 heteroatoms. The Hall–Kier alpha value is -1.42. The van der Waals surface area contributed by atoms with Crippen molar-refractivity contribution in [2.75, 3.05) is 13.2 Å². The Kier molecular flexibility index (Phi) is 8.28. The van der Waals surface area contributed by atoms with Gasteiger partial charge in [0.05, 0.1) is 13.2 Å². The molecular weight excluding hydrogens is 396 g/mol. The van der Waals surface area contributed by atoms with Crippen molar-refractivity contribution in [1.29, 1.82) is 0 Å². The van der Waals surface area contributed by atoms with Gasteiger partial charge < -0.3 is 55.5 Å². The van der Waals surface area contributed by atoms with Crippen LogP contribution in [0, 0.1) is 0 Å². The number of aliphatic hydroxyl groups excluding tert-OH is 6. The number of nitrogens with one attached hydrogen (secondary N) is 2. The van der Waals surface area contributed by atoms with E-state index in [0.717, 1.165) is 13.8 Å². The minimum Gasteiger partial charge on any atom is -0.394 e. The molecule has 0 aliphatic carbocycles. The molecule has 0 bridgehead atoms. The minimum absolute atomic E-state index is 0.568. The van der Waals surface area contributed by atoms with E-state index >= 15 is 0 Å². The summed E-state index contributed by atoms with van der Waals surface area (Å²) in [5.74, 6) is -1.14. The fraction of sp³-hybridized carbons (Fsp3) is 0.875. The van der Waals surface area contributed by atoms with Gasteiger partial charge in [-0.25, -0.2) is 0 Å². The number of carbonyl (C=O) groups excluding carboxylic acids is 2. The fourth-order valence-electron chi connectivity index (χ4n) is 3.38. The summed E-state index contributed by atoms with van der Waals surface area (Å²) in [5, 5.41) is 64.5. The van der Waals surface area contributed by atoms with Crippen LogP contribution in [0.25, 0.3) is 0 Å². The molecule has 10 atom stereocenters. The first-order valence-electron chi connectivity index (χ1n) is 9.05. The van der Waals surface area contributed by atoms with Crippen LogP contribution < -0.4 is 10.6 Å². The second-order valence-electron chi connectivity index (χ2n) is 7.00. The third-order valence-corrected chi connectivity index (χ3v) is 4.78. The molecule has 0 aromatic carbocycles. The Morgan fingerprint density at radius 3 is 1.90 bits per heavy atom. The molecule has 168 valence electrons. The molecule has 0 aromatic heterocycles. The Morgan fingerprint density at radius 2 is 1.38 bits per heavy atom. The number of ether oxygens (including phenoxy) is 3. The summed E-state index contributed by atoms with van der Waals surface area (Å²) in [5.41, 5.74) is 0. The zero-order valence-corrected chi connectivity index (χ0v) is 15.9. The van der Waals surface area contributed by atoms with Crippen LogP contribution in [-0.4, -0.2) is 117 Å². The predicted octanol–water partition coefficient (Wildman–Crippen LogP) is -5.11. The highest BCUT2D eigenvalue weighted by molar-refractivity contribution is 5.73. The highest BCUT2D eigenvalue weighted by Gasteiger charge is 2.51. The first kappa shape index (κ1) is 23.9. The quantitative estimate of drug-likeness (QED) is 0.202. The van der Waals surface area contributed by atoms with Gasteiger partial charge in [0.15, 0.2) is 12.6 Å². The van der Waals surface area contributed by atoms with Gasteiger partial charge in [0.2, 0.25) is 11.8 Å². The standard InChI is InChI=1S/C16H28N2O11/c1-5(21)17-9-13(25)14(8(4-20)27-15(9)26)29-16-10(18-6(2)22)12(24)11(23)7(3-19)28-16/h7-16,19-20,23-26H,3-4H2,1-2H3,(H,17,21)(H,18,22)/t7-,8-,9-,10-,11-,12-,13-,14+,15-,16+/m1/s1. The summed E-state index contributed by atoms with van der Waals surface area (Å²) < 4.78 is 16.3. The molecule has 29 heavy (non-hydrogen) atoms. The van der Waals surface area contributed by atoms with E-state index in [2.05, 4.69) is 10.6 Å². The molecule has 0 saturated carbocycles. The highest BCUT2D eigenvalue weighted by atomic mass is 16.7. The van der Waals surface area contributed by atoms with Crippen molar-refractivity contribution in [1.82, 2.24) is 10.6 Å². The van der Waals surface area contributed by atoms with E-state index in [1.54, 1.807) is 0 Å². The van der Waals surface area contributed by atoms with Crippen LogP contribution in [0.5, 0.6) is 0 Å². The summed E-state index contributed by atoms with van der Waals surface area (Å²) >= 11 is 0. The Balaban J connectivity index is 2.26. The van der Waals surface area contributed by atoms with Crippen LogP contribution >= 0.6 is 0 Å². The third-order valence-electron chi connectivity index (χ3n) is 4.78. The van der Waals surface area contributed by atoms with Gasteiger partial charge in [0.25, 0.3) is 0 Å². The van der Waals surface area contributed by atoms with E-state index in [0.29, 0.717) is 0 Å². The van der Waals surface area contributed by atoms with Crippen LogP contribution in [0.4, 0.5) is 0 Å². The topological polar surface area (TPSA) is 207 Å². The van der Waals surface area contributed by atoms with Crippen molar-refractivity contribution in [2.24, 2.45) is 0 Å². The van der Waals surface area contributed by atoms with Gasteiger partial charge >= 0.3 is 0 Å². The normalized spacial score (nSPS) is 42.9. The second-order valence-corrected chi connectivity index (χ2v) is 7.00. The SMILES string of the molecule is CC(=O)N[C@@H]1[C@@H](O)[C@@H](O[C@@H]2O[C@H](CO)[C@@H](O)[C@H](O)[C@H]2NC(C)=O)[C@@H](CO)O[C@H]1O. The minimum atomic E-state index is -1.64. The lowest BCUT2D eigenvalue weighted by Gasteiger charge is -2.47. The zero-order valence-electron chi connectivity index (χ0n) is 15.9. The Bertz CT molecular complexity index is 579. The smallest absolute Gasteiger partial charge is 0.217 e. The van der Waals surface area contributed by atoms with Gasteiger partial charge in [-0.2, -0.15) is 0 Å². The summed E-state index contributed by atoms with van der Waals surface area (Å²) in [6.45, 7) is 0.962. The van der Waals surface area contributed by atoms with E-state index < -0.39 is 86.3 Å². The van der Waals surface area contributed by atoms with E-state index in [1.807, 2.05) is 0 Å². The van der Waals surface area contributed by atoms with Crippen LogP contribution in [-0.2, 0) is 23.8 Å². The van der Waals surface area contributed by atoms with E-state index in [1.165, 1.54) is 0 Å². The van der Waals surface area contributed by atoms with E-state index in [4.69, 9.17) is 14.2 Å². The van der Waals surface area contributed by atoms with Crippen molar-refractivity contribution >= 4 is 11.8 Å². The molecule has 0 unspecified atom stereocenters. The maximum atomic E-state index is 11.5. The average molecular weight is 424 g/mol. The monoisotopic (exact) mass is 424 g/mol. The van der Waals surface area contributed by atoms with Gasteiger partial charge in [-0.15, -0.1) is 0 Å². The predicted molar refractivity (Wildman–Crippen MR) is 91.8 cm³/mol. The van der Waals surface area contributed by atoms with Gasteiger partial charge in [-0.05, 0) is 0 Å². The third kappa shape index (κ3) is 5.39.